The molecule has 4 heteroatoms. The lowest BCUT2D eigenvalue weighted by Crippen LogP contribution is -2.41. The molecular weight excluding hydrogens is 300 g/mol. The van der Waals surface area contributed by atoms with Crippen molar-refractivity contribution in [2.24, 2.45) is 0 Å². The minimum Gasteiger partial charge on any atom is -0.462 e. The van der Waals surface area contributed by atoms with E-state index in [0.717, 1.165) is 31.6 Å². The average Bonchev–Trinajstić information content (AvgIpc) is 2.99. The number of benzene rings is 1. The first kappa shape index (κ1) is 17.3. The number of carbonyl (C=O) groups is 1. The molecule has 0 radical (unpaired) electrons. The molecule has 1 aromatic rings. The lowest BCUT2D eigenvalue weighted by atomic mass is 9.78. The van der Waals surface area contributed by atoms with Crippen LogP contribution in [0.2, 0.25) is 0 Å². The monoisotopic (exact) mass is 330 g/mol. The molecule has 24 heavy (non-hydrogen) atoms. The Kier molecular flexibility index (Phi) is 5.44. The third-order valence-electron chi connectivity index (χ3n) is 5.33. The Morgan fingerprint density at radius 2 is 2.00 bits per heavy atom. The van der Waals surface area contributed by atoms with Gasteiger partial charge in [0.2, 0.25) is 0 Å². The van der Waals surface area contributed by atoms with Crippen LogP contribution in [-0.4, -0.2) is 43.2 Å². The highest BCUT2D eigenvalue weighted by atomic mass is 16.5. The average molecular weight is 330 g/mol. The fraction of sp³-hybridized carbons (Fsp3) is 0.650. The second-order valence-electron chi connectivity index (χ2n) is 6.98. The molecule has 1 aromatic carbocycles. The molecule has 0 spiro atoms. The normalized spacial score (nSPS) is 21.5. The lowest BCUT2D eigenvalue weighted by molar-refractivity contribution is 0.0523. The van der Waals surface area contributed by atoms with E-state index in [1.165, 1.54) is 36.1 Å². The van der Waals surface area contributed by atoms with Gasteiger partial charge in [0, 0.05) is 24.2 Å². The SMILES string of the molecule is CCCN(CCC)C1Cc2c(C(=O)OCC)ccc3c2C(CN3)C1. The first-order valence-electron chi connectivity index (χ1n) is 9.50. The van der Waals surface area contributed by atoms with Gasteiger partial charge in [0.25, 0.3) is 0 Å². The summed E-state index contributed by atoms with van der Waals surface area (Å²) in [6.45, 7) is 10.1. The second-order valence-corrected chi connectivity index (χ2v) is 6.98. The molecule has 2 unspecified atom stereocenters. The van der Waals surface area contributed by atoms with E-state index >= 15 is 0 Å². The predicted octanol–water partition coefficient (Wildman–Crippen LogP) is 3.81. The largest absolute Gasteiger partial charge is 0.462 e. The predicted molar refractivity (Wildman–Crippen MR) is 97.9 cm³/mol. The van der Waals surface area contributed by atoms with Crippen molar-refractivity contribution in [3.63, 3.8) is 0 Å². The first-order valence-corrected chi connectivity index (χ1v) is 9.50. The number of nitrogens with zero attached hydrogens (tertiary/aromatic N) is 1. The third kappa shape index (κ3) is 3.16. The zero-order valence-electron chi connectivity index (χ0n) is 15.2. The van der Waals surface area contributed by atoms with E-state index in [0.29, 0.717) is 18.6 Å². The van der Waals surface area contributed by atoms with E-state index in [1.54, 1.807) is 0 Å². The number of carbonyl (C=O) groups excluding carboxylic acids is 1. The van der Waals surface area contributed by atoms with Crippen LogP contribution in [0, 0.1) is 0 Å². The van der Waals surface area contributed by atoms with Crippen LogP contribution in [0.3, 0.4) is 0 Å². The maximum Gasteiger partial charge on any atom is 0.338 e. The van der Waals surface area contributed by atoms with Crippen molar-refractivity contribution in [3.8, 4) is 0 Å². The second kappa shape index (κ2) is 7.56. The minimum atomic E-state index is -0.167. The molecular formula is C20H30N2O2. The quantitative estimate of drug-likeness (QED) is 0.772. The summed E-state index contributed by atoms with van der Waals surface area (Å²) in [5, 5.41) is 3.53. The van der Waals surface area contributed by atoms with Crippen LogP contribution < -0.4 is 5.32 Å². The highest BCUT2D eigenvalue weighted by molar-refractivity contribution is 5.93. The summed E-state index contributed by atoms with van der Waals surface area (Å²) in [7, 11) is 0. The molecule has 0 amide bonds. The van der Waals surface area contributed by atoms with Crippen LogP contribution in [0.25, 0.3) is 0 Å². The Hall–Kier alpha value is -1.55. The molecule has 3 rings (SSSR count). The van der Waals surface area contributed by atoms with Gasteiger partial charge in [-0.05, 0) is 69.0 Å². The van der Waals surface area contributed by atoms with Crippen LogP contribution in [0.1, 0.15) is 67.4 Å². The molecule has 132 valence electrons. The number of rotatable bonds is 7. The Balaban J connectivity index is 1.94. The summed E-state index contributed by atoms with van der Waals surface area (Å²) in [5.74, 6) is 0.360. The number of ether oxygens (including phenoxy) is 1. The molecule has 1 aliphatic carbocycles. The molecule has 2 aliphatic rings. The van der Waals surface area contributed by atoms with E-state index in [2.05, 4.69) is 30.1 Å². The van der Waals surface area contributed by atoms with Crippen molar-refractivity contribution in [1.82, 2.24) is 4.90 Å². The van der Waals surface area contributed by atoms with E-state index < -0.39 is 0 Å². The molecule has 4 nitrogen and oxygen atoms in total. The highest BCUT2D eigenvalue weighted by Crippen LogP contribution is 2.44. The maximum absolute atomic E-state index is 12.4. The van der Waals surface area contributed by atoms with Crippen molar-refractivity contribution < 1.29 is 9.53 Å². The summed E-state index contributed by atoms with van der Waals surface area (Å²) in [4.78, 5) is 15.1. The molecule has 2 atom stereocenters. The van der Waals surface area contributed by atoms with Crippen LogP contribution >= 0.6 is 0 Å². The van der Waals surface area contributed by atoms with E-state index in [9.17, 15) is 4.79 Å². The van der Waals surface area contributed by atoms with E-state index in [1.807, 2.05) is 13.0 Å². The van der Waals surface area contributed by atoms with Gasteiger partial charge in [0.05, 0.1) is 12.2 Å². The molecule has 0 saturated carbocycles. The van der Waals surface area contributed by atoms with Crippen molar-refractivity contribution >= 4 is 11.7 Å². The van der Waals surface area contributed by atoms with Crippen LogP contribution in [0.15, 0.2) is 12.1 Å². The van der Waals surface area contributed by atoms with Crippen LogP contribution in [0.5, 0.6) is 0 Å². The van der Waals surface area contributed by atoms with Gasteiger partial charge in [-0.15, -0.1) is 0 Å². The van der Waals surface area contributed by atoms with Crippen molar-refractivity contribution in [3.05, 3.63) is 28.8 Å². The number of hydrogen-bond acceptors (Lipinski definition) is 4. The fourth-order valence-corrected chi connectivity index (χ4v) is 4.42. The fourth-order valence-electron chi connectivity index (χ4n) is 4.42. The summed E-state index contributed by atoms with van der Waals surface area (Å²) in [6, 6.07) is 4.54. The van der Waals surface area contributed by atoms with Gasteiger partial charge >= 0.3 is 5.97 Å². The van der Waals surface area contributed by atoms with Gasteiger partial charge in [-0.25, -0.2) is 4.79 Å². The summed E-state index contributed by atoms with van der Waals surface area (Å²) >= 11 is 0. The standard InChI is InChI=1S/C20H30N2O2/c1-4-9-22(10-5-2)15-11-14-13-21-18-8-7-16(20(23)24-6-3)17(12-15)19(14)18/h7-8,14-15,21H,4-6,9-13H2,1-3H3. The van der Waals surface area contributed by atoms with Crippen molar-refractivity contribution in [1.29, 1.82) is 0 Å². The first-order chi connectivity index (χ1) is 11.7. The number of hydrogen-bond donors (Lipinski definition) is 1. The summed E-state index contributed by atoms with van der Waals surface area (Å²) < 4.78 is 5.31. The topological polar surface area (TPSA) is 41.6 Å². The van der Waals surface area contributed by atoms with Gasteiger partial charge in [-0.2, -0.15) is 0 Å². The van der Waals surface area contributed by atoms with Gasteiger partial charge in [-0.1, -0.05) is 13.8 Å². The molecule has 1 heterocycles. The Morgan fingerprint density at radius 1 is 1.25 bits per heavy atom. The molecule has 0 aromatic heterocycles. The number of esters is 1. The van der Waals surface area contributed by atoms with Gasteiger partial charge in [-0.3, -0.25) is 0 Å². The van der Waals surface area contributed by atoms with Gasteiger partial charge < -0.3 is 15.0 Å². The number of anilines is 1. The molecule has 0 bridgehead atoms. The molecule has 1 N–H and O–H groups in total. The maximum atomic E-state index is 12.4. The third-order valence-corrected chi connectivity index (χ3v) is 5.33. The number of nitrogens with one attached hydrogen (secondary N) is 1. The van der Waals surface area contributed by atoms with E-state index in [-0.39, 0.29) is 5.97 Å². The Morgan fingerprint density at radius 3 is 2.67 bits per heavy atom. The van der Waals surface area contributed by atoms with Crippen LogP contribution in [-0.2, 0) is 11.2 Å². The Labute approximate surface area is 145 Å². The zero-order chi connectivity index (χ0) is 17.1. The molecule has 0 fully saturated rings. The summed E-state index contributed by atoms with van der Waals surface area (Å²) in [6.07, 6.45) is 4.52. The van der Waals surface area contributed by atoms with Crippen molar-refractivity contribution in [2.75, 3.05) is 31.6 Å². The Bertz CT molecular complexity index is 594. The minimum absolute atomic E-state index is 0.167. The highest BCUT2D eigenvalue weighted by Gasteiger charge is 2.37. The van der Waals surface area contributed by atoms with E-state index in [4.69, 9.17) is 4.74 Å². The lowest BCUT2D eigenvalue weighted by Gasteiger charge is -2.37. The molecule has 0 saturated heterocycles. The molecule has 1 aliphatic heterocycles. The van der Waals surface area contributed by atoms with Gasteiger partial charge in [0.1, 0.15) is 0 Å². The van der Waals surface area contributed by atoms with Gasteiger partial charge in [0.15, 0.2) is 0 Å². The van der Waals surface area contributed by atoms with Crippen molar-refractivity contribution in [2.45, 2.75) is 58.4 Å². The summed E-state index contributed by atoms with van der Waals surface area (Å²) in [5.41, 5.74) is 4.61. The zero-order valence-corrected chi connectivity index (χ0v) is 15.2. The smallest absolute Gasteiger partial charge is 0.338 e. The van der Waals surface area contributed by atoms with Crippen LogP contribution in [0.4, 0.5) is 5.69 Å².